The molecule has 0 spiro atoms. The molecule has 1 saturated heterocycles. The van der Waals surface area contributed by atoms with E-state index in [1.165, 1.54) is 4.90 Å². The summed E-state index contributed by atoms with van der Waals surface area (Å²) in [5.41, 5.74) is 2.27. The number of likely N-dealkylation sites (tertiary alicyclic amines) is 1. The second-order valence-corrected chi connectivity index (χ2v) is 7.79. The number of aryl methyl sites for hydroxylation is 1. The van der Waals surface area contributed by atoms with Crippen LogP contribution in [0.15, 0.2) is 54.1 Å². The molecule has 164 valence electrons. The number of methoxy groups -OCH3 is 1. The second-order valence-electron chi connectivity index (χ2n) is 7.79. The number of benzene rings is 2. The number of ketones is 1. The quantitative estimate of drug-likeness (QED) is 0.389. The summed E-state index contributed by atoms with van der Waals surface area (Å²) < 4.78 is 5.30. The lowest BCUT2D eigenvalue weighted by molar-refractivity contribution is -0.895. The fourth-order valence-electron chi connectivity index (χ4n) is 4.16. The van der Waals surface area contributed by atoms with E-state index in [0.29, 0.717) is 17.9 Å². The third-order valence-electron chi connectivity index (χ3n) is 6.03. The van der Waals surface area contributed by atoms with Crippen molar-refractivity contribution >= 4 is 17.4 Å². The molecule has 31 heavy (non-hydrogen) atoms. The number of Topliss-reactive ketones (excluding diaryl/α,β-unsaturated/α-hetero) is 1. The molecule has 2 aromatic carbocycles. The molecule has 0 saturated carbocycles. The fourth-order valence-corrected chi connectivity index (χ4v) is 4.16. The fraction of sp³-hybridized carbons (Fsp3) is 0.360. The van der Waals surface area contributed by atoms with Crippen molar-refractivity contribution in [2.45, 2.75) is 26.8 Å². The van der Waals surface area contributed by atoms with Crippen molar-refractivity contribution in [1.29, 1.82) is 0 Å². The SMILES string of the molecule is CC[NH+](CC)CCN1C(=O)C(=O)C(=C(O)c2ccc(OC)c(C)c2)[C@H]1c1ccccc1. The Balaban J connectivity index is 2.08. The van der Waals surface area contributed by atoms with Crippen LogP contribution in [0.1, 0.15) is 36.6 Å². The van der Waals surface area contributed by atoms with Gasteiger partial charge in [-0.2, -0.15) is 0 Å². The van der Waals surface area contributed by atoms with Gasteiger partial charge in [0.05, 0.1) is 44.9 Å². The molecule has 1 aliphatic heterocycles. The lowest BCUT2D eigenvalue weighted by Gasteiger charge is -2.27. The Bertz CT molecular complexity index is 980. The Hall–Kier alpha value is -3.12. The first kappa shape index (κ1) is 22.6. The molecule has 0 radical (unpaired) electrons. The first-order valence-electron chi connectivity index (χ1n) is 10.7. The van der Waals surface area contributed by atoms with Crippen LogP contribution in [0.3, 0.4) is 0 Å². The number of ether oxygens (including phenoxy) is 1. The molecule has 0 aliphatic carbocycles. The molecule has 0 unspecified atom stereocenters. The average Bonchev–Trinajstić information content (AvgIpc) is 3.04. The van der Waals surface area contributed by atoms with Gasteiger partial charge in [0.25, 0.3) is 11.7 Å². The summed E-state index contributed by atoms with van der Waals surface area (Å²) in [6.45, 7) is 9.16. The Morgan fingerprint density at radius 2 is 1.77 bits per heavy atom. The maximum Gasteiger partial charge on any atom is 0.295 e. The third-order valence-corrected chi connectivity index (χ3v) is 6.03. The number of quaternary nitrogens is 1. The highest BCUT2D eigenvalue weighted by Crippen LogP contribution is 2.39. The molecule has 1 fully saturated rings. The molecule has 1 amide bonds. The number of nitrogens with one attached hydrogen (secondary N) is 1. The maximum atomic E-state index is 13.1. The Labute approximate surface area is 183 Å². The van der Waals surface area contributed by atoms with Crippen molar-refractivity contribution < 1.29 is 24.3 Å². The van der Waals surface area contributed by atoms with E-state index in [9.17, 15) is 14.7 Å². The van der Waals surface area contributed by atoms with Crippen molar-refractivity contribution in [3.63, 3.8) is 0 Å². The van der Waals surface area contributed by atoms with Gasteiger partial charge in [-0.1, -0.05) is 30.3 Å². The number of rotatable bonds is 8. The summed E-state index contributed by atoms with van der Waals surface area (Å²) in [4.78, 5) is 29.0. The highest BCUT2D eigenvalue weighted by molar-refractivity contribution is 6.46. The van der Waals surface area contributed by atoms with E-state index in [1.807, 2.05) is 37.3 Å². The van der Waals surface area contributed by atoms with Gasteiger partial charge >= 0.3 is 0 Å². The third kappa shape index (κ3) is 4.49. The van der Waals surface area contributed by atoms with Gasteiger partial charge in [-0.3, -0.25) is 9.59 Å². The summed E-state index contributed by atoms with van der Waals surface area (Å²) >= 11 is 0. The van der Waals surface area contributed by atoms with Crippen molar-refractivity contribution in [3.05, 3.63) is 70.8 Å². The lowest BCUT2D eigenvalue weighted by Crippen LogP contribution is -3.12. The van der Waals surface area contributed by atoms with Crippen LogP contribution in [0.2, 0.25) is 0 Å². The number of hydrogen-bond donors (Lipinski definition) is 2. The van der Waals surface area contributed by atoms with Crippen LogP contribution in [0.4, 0.5) is 0 Å². The Morgan fingerprint density at radius 1 is 1.10 bits per heavy atom. The molecule has 3 rings (SSSR count). The van der Waals surface area contributed by atoms with E-state index in [-0.39, 0.29) is 11.3 Å². The van der Waals surface area contributed by atoms with E-state index in [1.54, 1.807) is 30.2 Å². The molecular formula is C25H31N2O4+. The van der Waals surface area contributed by atoms with Crippen molar-refractivity contribution in [2.24, 2.45) is 0 Å². The minimum Gasteiger partial charge on any atom is -0.507 e. The lowest BCUT2D eigenvalue weighted by atomic mass is 9.95. The number of likely N-dealkylation sites (N-methyl/N-ethyl adjacent to an activating group) is 1. The van der Waals surface area contributed by atoms with Crippen molar-refractivity contribution in [1.82, 2.24) is 4.90 Å². The van der Waals surface area contributed by atoms with Crippen LogP contribution in [0, 0.1) is 6.92 Å². The molecule has 1 aliphatic rings. The minimum atomic E-state index is -0.644. The highest BCUT2D eigenvalue weighted by atomic mass is 16.5. The van der Waals surface area contributed by atoms with Gasteiger partial charge in [-0.05, 0) is 50.1 Å². The van der Waals surface area contributed by atoms with E-state index in [4.69, 9.17) is 4.74 Å². The number of amides is 1. The van der Waals surface area contributed by atoms with E-state index >= 15 is 0 Å². The zero-order valence-electron chi connectivity index (χ0n) is 18.6. The molecule has 2 N–H and O–H groups in total. The second kappa shape index (κ2) is 9.79. The van der Waals surface area contributed by atoms with Gasteiger partial charge in [-0.15, -0.1) is 0 Å². The topological polar surface area (TPSA) is 71.3 Å². The zero-order valence-corrected chi connectivity index (χ0v) is 18.6. The van der Waals surface area contributed by atoms with Gasteiger partial charge in [0.2, 0.25) is 0 Å². The molecule has 6 heteroatoms. The highest BCUT2D eigenvalue weighted by Gasteiger charge is 2.46. The van der Waals surface area contributed by atoms with E-state index in [0.717, 1.165) is 30.8 Å². The van der Waals surface area contributed by atoms with Crippen LogP contribution in [-0.2, 0) is 9.59 Å². The van der Waals surface area contributed by atoms with Gasteiger partial charge in [0.1, 0.15) is 11.5 Å². The number of aliphatic hydroxyl groups excluding tert-OH is 1. The molecule has 2 aromatic rings. The molecule has 1 atom stereocenters. The summed E-state index contributed by atoms with van der Waals surface area (Å²) in [5, 5.41) is 11.1. The smallest absolute Gasteiger partial charge is 0.295 e. The van der Waals surface area contributed by atoms with Gasteiger partial charge in [0.15, 0.2) is 0 Å². The molecule has 0 bridgehead atoms. The first-order chi connectivity index (χ1) is 14.9. The standard InChI is InChI=1S/C25H30N2O4/c1-5-26(6-2)14-15-27-22(18-10-8-7-9-11-18)21(24(29)25(27)30)23(28)19-12-13-20(31-4)17(3)16-19/h7-13,16,22,28H,5-6,14-15H2,1-4H3/p+1/t22-/m1/s1. The van der Waals surface area contributed by atoms with Crippen LogP contribution < -0.4 is 9.64 Å². The summed E-state index contributed by atoms with van der Waals surface area (Å²) in [6, 6.07) is 14.0. The van der Waals surface area contributed by atoms with Crippen LogP contribution in [-0.4, -0.2) is 55.0 Å². The van der Waals surface area contributed by atoms with Crippen molar-refractivity contribution in [3.8, 4) is 5.75 Å². The normalized spacial score (nSPS) is 18.1. The van der Waals surface area contributed by atoms with E-state index in [2.05, 4.69) is 13.8 Å². The molecule has 1 heterocycles. The number of aliphatic hydroxyl groups is 1. The average molecular weight is 424 g/mol. The summed E-state index contributed by atoms with van der Waals surface area (Å²) in [7, 11) is 1.58. The van der Waals surface area contributed by atoms with E-state index < -0.39 is 17.7 Å². The predicted molar refractivity (Wildman–Crippen MR) is 120 cm³/mol. The van der Waals surface area contributed by atoms with Crippen LogP contribution in [0.25, 0.3) is 5.76 Å². The van der Waals surface area contributed by atoms with Gasteiger partial charge in [-0.25, -0.2) is 0 Å². The van der Waals surface area contributed by atoms with Crippen molar-refractivity contribution in [2.75, 3.05) is 33.3 Å². The maximum absolute atomic E-state index is 13.1. The van der Waals surface area contributed by atoms with Crippen LogP contribution >= 0.6 is 0 Å². The summed E-state index contributed by atoms with van der Waals surface area (Å²) in [5.74, 6) is -0.670. The first-order valence-corrected chi connectivity index (χ1v) is 10.7. The summed E-state index contributed by atoms with van der Waals surface area (Å²) in [6.07, 6.45) is 0. The molecule has 6 nitrogen and oxygen atoms in total. The number of hydrogen-bond acceptors (Lipinski definition) is 4. The number of nitrogens with zero attached hydrogens (tertiary/aromatic N) is 1. The minimum absolute atomic E-state index is 0.135. The largest absolute Gasteiger partial charge is 0.507 e. The molecule has 0 aromatic heterocycles. The van der Waals surface area contributed by atoms with Gasteiger partial charge in [0, 0.05) is 5.56 Å². The van der Waals surface area contributed by atoms with Crippen LogP contribution in [0.5, 0.6) is 5.75 Å². The Morgan fingerprint density at radius 3 is 2.35 bits per heavy atom. The number of carbonyl (C=O) groups is 2. The number of carbonyl (C=O) groups excluding carboxylic acids is 2. The monoisotopic (exact) mass is 423 g/mol. The zero-order chi connectivity index (χ0) is 22.5. The molecular weight excluding hydrogens is 392 g/mol. The Kier molecular flexibility index (Phi) is 7.13. The van der Waals surface area contributed by atoms with Gasteiger partial charge < -0.3 is 19.6 Å². The predicted octanol–water partition coefficient (Wildman–Crippen LogP) is 2.35.